The fourth-order valence-corrected chi connectivity index (χ4v) is 4.47. The maximum Gasteiger partial charge on any atom is 0.230 e. The molecular formula is C22H21N5O2S2. The summed E-state index contributed by atoms with van der Waals surface area (Å²) in [5.41, 5.74) is 1.78. The van der Waals surface area contributed by atoms with Crippen molar-refractivity contribution >= 4 is 29.0 Å². The second-order valence-corrected chi connectivity index (χ2v) is 8.52. The number of methoxy groups -OCH3 is 1. The van der Waals surface area contributed by atoms with Crippen LogP contribution in [0.1, 0.15) is 4.88 Å². The number of carbonyl (C=O) groups is 1. The molecule has 0 radical (unpaired) electrons. The first kappa shape index (κ1) is 21.1. The van der Waals surface area contributed by atoms with E-state index in [4.69, 9.17) is 4.74 Å². The molecule has 3 heterocycles. The normalized spacial score (nSPS) is 10.7. The number of ether oxygens (including phenoxy) is 1. The number of aromatic nitrogens is 4. The van der Waals surface area contributed by atoms with E-state index in [2.05, 4.69) is 26.6 Å². The van der Waals surface area contributed by atoms with Crippen LogP contribution in [0.25, 0.3) is 17.1 Å². The average Bonchev–Trinajstić information content (AvgIpc) is 3.48. The molecule has 0 saturated carbocycles. The summed E-state index contributed by atoms with van der Waals surface area (Å²) in [5, 5.41) is 14.4. The highest BCUT2D eigenvalue weighted by atomic mass is 32.2. The number of pyridine rings is 1. The Bertz CT molecular complexity index is 1110. The molecule has 1 N–H and O–H groups in total. The van der Waals surface area contributed by atoms with Gasteiger partial charge in [0.05, 0.1) is 12.9 Å². The van der Waals surface area contributed by atoms with Crippen LogP contribution in [-0.4, -0.2) is 45.1 Å². The number of carbonyl (C=O) groups excluding carboxylic acids is 1. The van der Waals surface area contributed by atoms with E-state index in [9.17, 15) is 4.79 Å². The van der Waals surface area contributed by atoms with Gasteiger partial charge in [0.2, 0.25) is 5.91 Å². The summed E-state index contributed by atoms with van der Waals surface area (Å²) >= 11 is 3.05. The molecule has 0 aliphatic heterocycles. The molecule has 7 nitrogen and oxygen atoms in total. The Kier molecular flexibility index (Phi) is 6.96. The van der Waals surface area contributed by atoms with Crippen LogP contribution < -0.4 is 10.1 Å². The van der Waals surface area contributed by atoms with Gasteiger partial charge in [0.25, 0.3) is 0 Å². The fraction of sp³-hybridized carbons (Fsp3) is 0.182. The number of thiophene rings is 1. The monoisotopic (exact) mass is 451 g/mol. The second kappa shape index (κ2) is 10.2. The molecule has 9 heteroatoms. The summed E-state index contributed by atoms with van der Waals surface area (Å²) in [7, 11) is 1.63. The number of hydrogen-bond acceptors (Lipinski definition) is 7. The molecule has 0 aliphatic carbocycles. The van der Waals surface area contributed by atoms with E-state index in [0.29, 0.717) is 17.5 Å². The summed E-state index contributed by atoms with van der Waals surface area (Å²) < 4.78 is 7.21. The first-order valence-corrected chi connectivity index (χ1v) is 11.5. The van der Waals surface area contributed by atoms with E-state index in [-0.39, 0.29) is 11.7 Å². The molecule has 31 heavy (non-hydrogen) atoms. The van der Waals surface area contributed by atoms with Crippen LogP contribution in [0.4, 0.5) is 0 Å². The molecule has 4 aromatic rings. The Morgan fingerprint density at radius 3 is 2.65 bits per heavy atom. The number of amides is 1. The van der Waals surface area contributed by atoms with Crippen molar-refractivity contribution in [2.75, 3.05) is 19.4 Å². The SMILES string of the molecule is COc1ccc(-n2c(SCC(=O)NCCc3cccs3)nnc2-c2ccncc2)cc1. The van der Waals surface area contributed by atoms with Gasteiger partial charge in [-0.05, 0) is 54.3 Å². The molecule has 0 saturated heterocycles. The topological polar surface area (TPSA) is 81.9 Å². The van der Waals surface area contributed by atoms with Crippen molar-refractivity contribution in [2.45, 2.75) is 11.6 Å². The van der Waals surface area contributed by atoms with E-state index in [1.54, 1.807) is 30.8 Å². The maximum absolute atomic E-state index is 12.3. The number of nitrogens with one attached hydrogen (secondary N) is 1. The maximum atomic E-state index is 12.3. The molecule has 1 amide bonds. The summed E-state index contributed by atoms with van der Waals surface area (Å²) in [6.07, 6.45) is 4.27. The van der Waals surface area contributed by atoms with Gasteiger partial charge < -0.3 is 10.1 Å². The predicted octanol–water partition coefficient (Wildman–Crippen LogP) is 3.85. The van der Waals surface area contributed by atoms with Gasteiger partial charge in [-0.25, -0.2) is 0 Å². The zero-order valence-electron chi connectivity index (χ0n) is 16.9. The lowest BCUT2D eigenvalue weighted by molar-refractivity contribution is -0.118. The minimum atomic E-state index is -0.0312. The lowest BCUT2D eigenvalue weighted by Gasteiger charge is -2.11. The first-order chi connectivity index (χ1) is 15.2. The molecule has 4 rings (SSSR count). The molecule has 0 bridgehead atoms. The van der Waals surface area contributed by atoms with Crippen molar-refractivity contribution < 1.29 is 9.53 Å². The third-order valence-electron chi connectivity index (χ3n) is 4.51. The summed E-state index contributed by atoms with van der Waals surface area (Å²) in [4.78, 5) is 17.7. The molecular weight excluding hydrogens is 430 g/mol. The molecule has 0 atom stereocenters. The van der Waals surface area contributed by atoms with Gasteiger partial charge in [-0.3, -0.25) is 14.3 Å². The van der Waals surface area contributed by atoms with Crippen LogP contribution >= 0.6 is 23.1 Å². The Hall–Kier alpha value is -3.17. The molecule has 1 aromatic carbocycles. The van der Waals surface area contributed by atoms with Crippen molar-refractivity contribution in [3.63, 3.8) is 0 Å². The number of benzene rings is 1. The highest BCUT2D eigenvalue weighted by Crippen LogP contribution is 2.28. The quantitative estimate of drug-likeness (QED) is 0.389. The van der Waals surface area contributed by atoms with Gasteiger partial charge in [0, 0.05) is 35.1 Å². The van der Waals surface area contributed by atoms with Crippen LogP contribution in [0.3, 0.4) is 0 Å². The summed E-state index contributed by atoms with van der Waals surface area (Å²) in [6, 6.07) is 15.5. The first-order valence-electron chi connectivity index (χ1n) is 9.66. The summed E-state index contributed by atoms with van der Waals surface area (Å²) in [6.45, 7) is 0.618. The molecule has 0 fully saturated rings. The largest absolute Gasteiger partial charge is 0.497 e. The molecule has 158 valence electrons. The smallest absolute Gasteiger partial charge is 0.230 e. The molecule has 0 unspecified atom stereocenters. The summed E-state index contributed by atoms with van der Waals surface area (Å²) in [5.74, 6) is 1.68. The second-order valence-electron chi connectivity index (χ2n) is 6.54. The van der Waals surface area contributed by atoms with Crippen LogP contribution in [0, 0.1) is 0 Å². The Balaban J connectivity index is 1.50. The van der Waals surface area contributed by atoms with E-state index < -0.39 is 0 Å². The van der Waals surface area contributed by atoms with E-state index in [1.165, 1.54) is 16.6 Å². The van der Waals surface area contributed by atoms with Gasteiger partial charge >= 0.3 is 0 Å². The zero-order valence-corrected chi connectivity index (χ0v) is 18.5. The number of nitrogens with zero attached hydrogens (tertiary/aromatic N) is 4. The van der Waals surface area contributed by atoms with Crippen molar-refractivity contribution in [2.24, 2.45) is 0 Å². The number of thioether (sulfide) groups is 1. The van der Waals surface area contributed by atoms with Crippen LogP contribution in [-0.2, 0) is 11.2 Å². The lowest BCUT2D eigenvalue weighted by Crippen LogP contribution is -2.27. The van der Waals surface area contributed by atoms with Crippen molar-refractivity contribution in [1.82, 2.24) is 25.1 Å². The van der Waals surface area contributed by atoms with Crippen molar-refractivity contribution in [1.29, 1.82) is 0 Å². The Morgan fingerprint density at radius 1 is 1.13 bits per heavy atom. The molecule has 3 aromatic heterocycles. The van der Waals surface area contributed by atoms with Gasteiger partial charge in [0.1, 0.15) is 5.75 Å². The number of rotatable bonds is 9. The van der Waals surface area contributed by atoms with Crippen molar-refractivity contribution in [3.8, 4) is 22.8 Å². The van der Waals surface area contributed by atoms with Gasteiger partial charge in [-0.15, -0.1) is 21.5 Å². The molecule has 0 spiro atoms. The van der Waals surface area contributed by atoms with Crippen LogP contribution in [0.15, 0.2) is 71.5 Å². The Morgan fingerprint density at radius 2 is 1.94 bits per heavy atom. The van der Waals surface area contributed by atoms with Gasteiger partial charge in [-0.1, -0.05) is 17.8 Å². The van der Waals surface area contributed by atoms with Crippen LogP contribution in [0.2, 0.25) is 0 Å². The Labute approximate surface area is 188 Å². The van der Waals surface area contributed by atoms with Gasteiger partial charge in [-0.2, -0.15) is 0 Å². The predicted molar refractivity (Wildman–Crippen MR) is 123 cm³/mol. The van der Waals surface area contributed by atoms with Crippen molar-refractivity contribution in [3.05, 3.63) is 71.2 Å². The zero-order chi connectivity index (χ0) is 21.5. The highest BCUT2D eigenvalue weighted by molar-refractivity contribution is 7.99. The highest BCUT2D eigenvalue weighted by Gasteiger charge is 2.17. The average molecular weight is 452 g/mol. The minimum absolute atomic E-state index is 0.0312. The van der Waals surface area contributed by atoms with E-state index in [0.717, 1.165) is 23.4 Å². The number of hydrogen-bond donors (Lipinski definition) is 1. The fourth-order valence-electron chi connectivity index (χ4n) is 2.98. The van der Waals surface area contributed by atoms with E-state index >= 15 is 0 Å². The van der Waals surface area contributed by atoms with Crippen LogP contribution in [0.5, 0.6) is 5.75 Å². The third-order valence-corrected chi connectivity index (χ3v) is 6.37. The van der Waals surface area contributed by atoms with Gasteiger partial charge in [0.15, 0.2) is 11.0 Å². The standard InChI is InChI=1S/C22H21N5O2S2/c1-29-18-6-4-17(5-7-18)27-21(16-8-11-23-12-9-16)25-26-22(27)31-15-20(28)24-13-10-19-3-2-14-30-19/h2-9,11-12,14H,10,13,15H2,1H3,(H,24,28). The lowest BCUT2D eigenvalue weighted by atomic mass is 10.2. The third kappa shape index (κ3) is 5.31. The van der Waals surface area contributed by atoms with E-state index in [1.807, 2.05) is 52.4 Å². The minimum Gasteiger partial charge on any atom is -0.497 e. The molecule has 0 aliphatic rings.